The Balaban J connectivity index is 1.52. The maximum absolute atomic E-state index is 14.1. The van der Waals surface area contributed by atoms with Crippen LogP contribution in [0.2, 0.25) is 0 Å². The minimum absolute atomic E-state index is 0.0287. The normalized spacial score (nSPS) is 16.2. The van der Waals surface area contributed by atoms with E-state index in [-0.39, 0.29) is 37.9 Å². The number of benzene rings is 2. The van der Waals surface area contributed by atoms with Gasteiger partial charge >= 0.3 is 6.18 Å². The Hall–Kier alpha value is -3.63. The molecular formula is C24H24F4N6O. The van der Waals surface area contributed by atoms with Crippen molar-refractivity contribution in [1.82, 2.24) is 9.55 Å². The lowest BCUT2D eigenvalue weighted by atomic mass is 9.98. The summed E-state index contributed by atoms with van der Waals surface area (Å²) >= 11 is 0. The van der Waals surface area contributed by atoms with Gasteiger partial charge in [-0.15, -0.1) is 0 Å². The third-order valence-electron chi connectivity index (χ3n) is 6.65. The molecule has 0 saturated heterocycles. The number of aryl methyl sites for hydroxylation is 1. The molecule has 1 aliphatic carbocycles. The van der Waals surface area contributed by atoms with Crippen LogP contribution in [0, 0.1) is 5.82 Å². The summed E-state index contributed by atoms with van der Waals surface area (Å²) in [5, 5.41) is 0. The first kappa shape index (κ1) is 23.1. The van der Waals surface area contributed by atoms with Crippen molar-refractivity contribution in [3.8, 4) is 0 Å². The van der Waals surface area contributed by atoms with Gasteiger partial charge in [0.15, 0.2) is 5.96 Å². The van der Waals surface area contributed by atoms with Crippen LogP contribution in [0.4, 0.5) is 23.2 Å². The van der Waals surface area contributed by atoms with E-state index in [9.17, 15) is 22.4 Å². The summed E-state index contributed by atoms with van der Waals surface area (Å²) in [6, 6.07) is 9.65. The fourth-order valence-corrected chi connectivity index (χ4v) is 4.84. The van der Waals surface area contributed by atoms with E-state index in [0.29, 0.717) is 35.4 Å². The van der Waals surface area contributed by atoms with Gasteiger partial charge in [-0.1, -0.05) is 12.1 Å². The number of nitrogens with two attached hydrogens (primary N) is 2. The van der Waals surface area contributed by atoms with Gasteiger partial charge in [0.1, 0.15) is 11.6 Å². The van der Waals surface area contributed by atoms with Crippen molar-refractivity contribution in [2.75, 3.05) is 4.90 Å². The molecule has 5 rings (SSSR count). The first-order chi connectivity index (χ1) is 16.6. The summed E-state index contributed by atoms with van der Waals surface area (Å²) in [5.74, 6) is -0.207. The van der Waals surface area contributed by atoms with Gasteiger partial charge in [0.05, 0.1) is 35.2 Å². The van der Waals surface area contributed by atoms with E-state index in [1.54, 1.807) is 28.8 Å². The second-order valence-electron chi connectivity index (χ2n) is 9.10. The van der Waals surface area contributed by atoms with Crippen molar-refractivity contribution in [2.45, 2.75) is 56.9 Å². The monoisotopic (exact) mass is 488 g/mol. The molecular weight excluding hydrogens is 464 g/mol. The molecule has 35 heavy (non-hydrogen) atoms. The van der Waals surface area contributed by atoms with Crippen LogP contribution in [0.15, 0.2) is 41.4 Å². The Labute approximate surface area is 198 Å². The SMILES string of the molecule is NC(N)=NCc1ccc2c(c1)nc(CN1C(=O)C3(CC3)c3ccc(F)cc31)n2CCCC(F)(F)F. The predicted octanol–water partition coefficient (Wildman–Crippen LogP) is 3.87. The number of fused-ring (bicyclic) bond motifs is 3. The topological polar surface area (TPSA) is 103 Å². The zero-order valence-electron chi connectivity index (χ0n) is 18.8. The molecule has 1 fully saturated rings. The summed E-state index contributed by atoms with van der Waals surface area (Å²) in [6.45, 7) is 0.330. The largest absolute Gasteiger partial charge is 0.389 e. The Bertz CT molecular complexity index is 1340. The van der Waals surface area contributed by atoms with Crippen LogP contribution >= 0.6 is 0 Å². The molecule has 1 amide bonds. The molecule has 1 aromatic heterocycles. The lowest BCUT2D eigenvalue weighted by Crippen LogP contribution is -2.32. The zero-order chi connectivity index (χ0) is 25.0. The number of halogens is 4. The maximum atomic E-state index is 14.1. The van der Waals surface area contributed by atoms with Crippen LogP contribution in [-0.4, -0.2) is 27.6 Å². The third kappa shape index (κ3) is 4.30. The van der Waals surface area contributed by atoms with Crippen LogP contribution in [0.25, 0.3) is 11.0 Å². The molecule has 0 bridgehead atoms. The minimum atomic E-state index is -4.27. The van der Waals surface area contributed by atoms with Gasteiger partial charge < -0.3 is 20.9 Å². The fraction of sp³-hybridized carbons (Fsp3) is 0.375. The second kappa shape index (κ2) is 8.24. The number of rotatable bonds is 7. The van der Waals surface area contributed by atoms with E-state index in [2.05, 4.69) is 9.98 Å². The lowest BCUT2D eigenvalue weighted by Gasteiger charge is -2.19. The molecule has 2 aromatic carbocycles. The first-order valence-electron chi connectivity index (χ1n) is 11.3. The molecule has 1 aliphatic heterocycles. The fourth-order valence-electron chi connectivity index (χ4n) is 4.84. The number of alkyl halides is 3. The van der Waals surface area contributed by atoms with Crippen molar-refractivity contribution in [1.29, 1.82) is 0 Å². The van der Waals surface area contributed by atoms with Crippen LogP contribution in [0.3, 0.4) is 0 Å². The zero-order valence-corrected chi connectivity index (χ0v) is 18.8. The van der Waals surface area contributed by atoms with Crippen molar-refractivity contribution >= 4 is 28.6 Å². The van der Waals surface area contributed by atoms with E-state index in [1.165, 1.54) is 17.0 Å². The molecule has 3 aromatic rings. The number of imidazole rings is 1. The minimum Gasteiger partial charge on any atom is -0.370 e. The number of carbonyl (C=O) groups is 1. The standard InChI is InChI=1S/C24H24F4N6O/c25-15-3-4-16-19(11-15)34(21(35)23(16)7-8-23)13-20-32-17-10-14(12-31-22(29)30)2-5-18(17)33(20)9-1-6-24(26,27)28/h2-5,10-11H,1,6-9,12-13H2,(H4,29,30,31). The lowest BCUT2D eigenvalue weighted by molar-refractivity contribution is -0.135. The van der Waals surface area contributed by atoms with Gasteiger partial charge in [-0.05, 0) is 54.7 Å². The van der Waals surface area contributed by atoms with Crippen molar-refractivity contribution in [3.05, 3.63) is 59.2 Å². The average molecular weight is 488 g/mol. The predicted molar refractivity (Wildman–Crippen MR) is 123 cm³/mol. The van der Waals surface area contributed by atoms with E-state index in [1.807, 2.05) is 0 Å². The summed E-state index contributed by atoms with van der Waals surface area (Å²) in [7, 11) is 0. The van der Waals surface area contributed by atoms with Gasteiger partial charge in [-0.2, -0.15) is 13.2 Å². The van der Waals surface area contributed by atoms with E-state index >= 15 is 0 Å². The van der Waals surface area contributed by atoms with Crippen LogP contribution in [0.1, 0.15) is 42.6 Å². The van der Waals surface area contributed by atoms with Crippen molar-refractivity contribution in [3.63, 3.8) is 0 Å². The molecule has 1 spiro atoms. The summed E-state index contributed by atoms with van der Waals surface area (Å²) < 4.78 is 54.3. The highest BCUT2D eigenvalue weighted by molar-refractivity contribution is 6.10. The van der Waals surface area contributed by atoms with Gasteiger partial charge in [-0.25, -0.2) is 14.4 Å². The van der Waals surface area contributed by atoms with Crippen LogP contribution < -0.4 is 16.4 Å². The molecule has 7 nitrogen and oxygen atoms in total. The molecule has 0 unspecified atom stereocenters. The number of anilines is 1. The maximum Gasteiger partial charge on any atom is 0.389 e. The molecule has 1 saturated carbocycles. The van der Waals surface area contributed by atoms with Gasteiger partial charge in [0, 0.05) is 13.0 Å². The smallest absolute Gasteiger partial charge is 0.370 e. The first-order valence-corrected chi connectivity index (χ1v) is 11.3. The number of carbonyl (C=O) groups excluding carboxylic acids is 1. The molecule has 2 heterocycles. The van der Waals surface area contributed by atoms with Crippen LogP contribution in [0.5, 0.6) is 0 Å². The van der Waals surface area contributed by atoms with Gasteiger partial charge in [0.25, 0.3) is 0 Å². The summed E-state index contributed by atoms with van der Waals surface area (Å²) in [6.07, 6.45) is -3.97. The Kier molecular flexibility index (Phi) is 5.45. The molecule has 0 radical (unpaired) electrons. The molecule has 4 N–H and O–H groups in total. The number of amides is 1. The average Bonchev–Trinajstić information content (AvgIpc) is 3.47. The molecule has 184 valence electrons. The number of hydrogen-bond donors (Lipinski definition) is 2. The highest BCUT2D eigenvalue weighted by atomic mass is 19.4. The Morgan fingerprint density at radius 1 is 1.14 bits per heavy atom. The molecule has 11 heteroatoms. The van der Waals surface area contributed by atoms with Gasteiger partial charge in [-0.3, -0.25) is 4.79 Å². The highest BCUT2D eigenvalue weighted by Gasteiger charge is 2.59. The molecule has 0 atom stereocenters. The third-order valence-corrected chi connectivity index (χ3v) is 6.65. The summed E-state index contributed by atoms with van der Waals surface area (Å²) in [4.78, 5) is 23.5. The van der Waals surface area contributed by atoms with E-state index < -0.39 is 23.8 Å². The van der Waals surface area contributed by atoms with Gasteiger partial charge in [0.2, 0.25) is 5.91 Å². The number of nitrogens with zero attached hydrogens (tertiary/aromatic N) is 4. The highest BCUT2D eigenvalue weighted by Crippen LogP contribution is 2.57. The number of guanidine groups is 1. The Morgan fingerprint density at radius 2 is 1.91 bits per heavy atom. The Morgan fingerprint density at radius 3 is 2.60 bits per heavy atom. The van der Waals surface area contributed by atoms with Crippen LogP contribution in [-0.2, 0) is 29.8 Å². The quantitative estimate of drug-likeness (QED) is 0.299. The van der Waals surface area contributed by atoms with Crippen molar-refractivity contribution < 1.29 is 22.4 Å². The van der Waals surface area contributed by atoms with E-state index in [4.69, 9.17) is 11.5 Å². The number of hydrogen-bond acceptors (Lipinski definition) is 3. The summed E-state index contributed by atoms with van der Waals surface area (Å²) in [5.41, 5.74) is 13.5. The molecule has 2 aliphatic rings. The van der Waals surface area contributed by atoms with E-state index in [0.717, 1.165) is 11.1 Å². The van der Waals surface area contributed by atoms with Crippen molar-refractivity contribution in [2.24, 2.45) is 16.5 Å². The number of aromatic nitrogens is 2. The second-order valence-corrected chi connectivity index (χ2v) is 9.10. The number of aliphatic imine (C=N–C) groups is 1.